The van der Waals surface area contributed by atoms with Crippen LogP contribution in [0.2, 0.25) is 0 Å². The summed E-state index contributed by atoms with van der Waals surface area (Å²) in [6, 6.07) is 12.0. The van der Waals surface area contributed by atoms with Crippen LogP contribution in [0.4, 0.5) is 0 Å². The van der Waals surface area contributed by atoms with Gasteiger partial charge >= 0.3 is 0 Å². The van der Waals surface area contributed by atoms with Crippen LogP contribution in [-0.4, -0.2) is 37.7 Å². The molecule has 1 amide bonds. The van der Waals surface area contributed by atoms with Crippen molar-refractivity contribution in [3.8, 4) is 11.1 Å². The van der Waals surface area contributed by atoms with E-state index >= 15 is 0 Å². The summed E-state index contributed by atoms with van der Waals surface area (Å²) in [5.74, 6) is 5.63. The number of benzene rings is 2. The predicted octanol–water partition coefficient (Wildman–Crippen LogP) is 0.746. The number of amides is 1. The van der Waals surface area contributed by atoms with Crippen molar-refractivity contribution in [2.45, 2.75) is 6.92 Å². The second kappa shape index (κ2) is 7.51. The summed E-state index contributed by atoms with van der Waals surface area (Å²) >= 11 is 0. The molecule has 0 aliphatic carbocycles. The number of nitrogens with zero attached hydrogens (tertiary/aromatic N) is 1. The van der Waals surface area contributed by atoms with Crippen LogP contribution in [0.15, 0.2) is 36.4 Å². The van der Waals surface area contributed by atoms with Crippen LogP contribution < -0.4 is 21.6 Å². The Kier molecular flexibility index (Phi) is 5.16. The SMILES string of the molecule is COCCN(N)C(=O)c1ccc(C)c(-c2ccc3c(c2)=CNCC=3)c1. The molecule has 130 valence electrons. The number of aryl methyl sites for hydroxylation is 1. The lowest BCUT2D eigenvalue weighted by atomic mass is 9.96. The molecule has 0 radical (unpaired) electrons. The number of methoxy groups -OCH3 is 1. The van der Waals surface area contributed by atoms with Crippen molar-refractivity contribution in [1.29, 1.82) is 0 Å². The van der Waals surface area contributed by atoms with Crippen molar-refractivity contribution < 1.29 is 9.53 Å². The number of ether oxygens (including phenoxy) is 1. The van der Waals surface area contributed by atoms with Gasteiger partial charge in [0.25, 0.3) is 5.91 Å². The molecule has 3 N–H and O–H groups in total. The van der Waals surface area contributed by atoms with Crippen LogP contribution in [-0.2, 0) is 4.74 Å². The van der Waals surface area contributed by atoms with Gasteiger partial charge in [-0.25, -0.2) is 5.84 Å². The molecular formula is C20H23N3O2. The second-order valence-electron chi connectivity index (χ2n) is 6.12. The number of fused-ring (bicyclic) bond motifs is 1. The maximum absolute atomic E-state index is 12.5. The van der Waals surface area contributed by atoms with Gasteiger partial charge in [0.2, 0.25) is 0 Å². The quantitative estimate of drug-likeness (QED) is 0.480. The number of hydrazine groups is 1. The van der Waals surface area contributed by atoms with E-state index in [4.69, 9.17) is 10.6 Å². The minimum Gasteiger partial charge on any atom is -0.387 e. The molecule has 5 heteroatoms. The molecular weight excluding hydrogens is 314 g/mol. The Balaban J connectivity index is 1.96. The van der Waals surface area contributed by atoms with E-state index in [0.29, 0.717) is 18.7 Å². The van der Waals surface area contributed by atoms with Gasteiger partial charge in [-0.2, -0.15) is 0 Å². The lowest BCUT2D eigenvalue weighted by Gasteiger charge is -2.17. The number of carbonyl (C=O) groups excluding carboxylic acids is 1. The summed E-state index contributed by atoms with van der Waals surface area (Å²) in [5, 5.41) is 6.80. The minimum atomic E-state index is -0.210. The lowest BCUT2D eigenvalue weighted by Crippen LogP contribution is -2.39. The minimum absolute atomic E-state index is 0.210. The molecule has 2 aromatic carbocycles. The van der Waals surface area contributed by atoms with Gasteiger partial charge in [-0.3, -0.25) is 9.80 Å². The molecule has 0 aromatic heterocycles. The second-order valence-corrected chi connectivity index (χ2v) is 6.12. The lowest BCUT2D eigenvalue weighted by molar-refractivity contribution is 0.0695. The Hall–Kier alpha value is -2.63. The standard InChI is InChI=1S/C20H23N3O2/c1-14-3-4-17(20(24)23(21)9-10-25-2)12-19(14)16-6-5-15-7-8-22-13-18(15)11-16/h3-7,11-13,22H,8-10,21H2,1-2H3. The normalized spacial score (nSPS) is 12.4. The predicted molar refractivity (Wildman–Crippen MR) is 99.9 cm³/mol. The van der Waals surface area contributed by atoms with Crippen molar-refractivity contribution in [2.24, 2.45) is 5.84 Å². The van der Waals surface area contributed by atoms with Crippen molar-refractivity contribution in [2.75, 3.05) is 26.8 Å². The number of hydrogen-bond acceptors (Lipinski definition) is 4. The largest absolute Gasteiger partial charge is 0.387 e. The van der Waals surface area contributed by atoms with E-state index in [1.807, 2.05) is 31.3 Å². The number of nitrogens with one attached hydrogen (secondary N) is 1. The van der Waals surface area contributed by atoms with E-state index in [1.54, 1.807) is 7.11 Å². The summed E-state index contributed by atoms with van der Waals surface area (Å²) in [6.45, 7) is 3.66. The van der Waals surface area contributed by atoms with E-state index in [9.17, 15) is 4.79 Å². The van der Waals surface area contributed by atoms with Crippen molar-refractivity contribution >= 4 is 18.2 Å². The average Bonchev–Trinajstić information content (AvgIpc) is 2.65. The van der Waals surface area contributed by atoms with E-state index in [1.165, 1.54) is 10.2 Å². The first-order valence-corrected chi connectivity index (χ1v) is 8.30. The first-order chi connectivity index (χ1) is 12.1. The van der Waals surface area contributed by atoms with E-state index in [-0.39, 0.29) is 5.91 Å². The third-order valence-electron chi connectivity index (χ3n) is 4.38. The molecule has 0 spiro atoms. The van der Waals surface area contributed by atoms with Crippen LogP contribution in [0.5, 0.6) is 0 Å². The highest BCUT2D eigenvalue weighted by Gasteiger charge is 2.14. The van der Waals surface area contributed by atoms with E-state index < -0.39 is 0 Å². The fourth-order valence-corrected chi connectivity index (χ4v) is 2.91. The molecule has 0 unspecified atom stereocenters. The summed E-state index contributed by atoms with van der Waals surface area (Å²) in [7, 11) is 1.59. The molecule has 0 atom stereocenters. The maximum atomic E-state index is 12.5. The molecule has 1 heterocycles. The van der Waals surface area contributed by atoms with Gasteiger partial charge in [0.1, 0.15) is 0 Å². The number of hydrogen-bond donors (Lipinski definition) is 2. The van der Waals surface area contributed by atoms with Gasteiger partial charge in [0.15, 0.2) is 0 Å². The first-order valence-electron chi connectivity index (χ1n) is 8.30. The first kappa shape index (κ1) is 17.2. The molecule has 3 rings (SSSR count). The van der Waals surface area contributed by atoms with Gasteiger partial charge in [0.05, 0.1) is 13.2 Å². The Morgan fingerprint density at radius 1 is 1.24 bits per heavy atom. The Bertz CT molecular complexity index is 906. The van der Waals surface area contributed by atoms with Gasteiger partial charge in [-0.05, 0) is 52.3 Å². The molecule has 0 saturated carbocycles. The van der Waals surface area contributed by atoms with Gasteiger partial charge in [0, 0.05) is 25.4 Å². The van der Waals surface area contributed by atoms with Gasteiger partial charge in [-0.1, -0.05) is 24.3 Å². The van der Waals surface area contributed by atoms with Gasteiger partial charge < -0.3 is 10.1 Å². The highest BCUT2D eigenvalue weighted by molar-refractivity contribution is 5.95. The number of rotatable bonds is 5. The smallest absolute Gasteiger partial charge is 0.267 e. The van der Waals surface area contributed by atoms with Crippen molar-refractivity contribution in [1.82, 2.24) is 10.3 Å². The summed E-state index contributed by atoms with van der Waals surface area (Å²) in [6.07, 6.45) is 4.18. The monoisotopic (exact) mass is 337 g/mol. The third-order valence-corrected chi connectivity index (χ3v) is 4.38. The third kappa shape index (κ3) is 3.73. The zero-order valence-electron chi connectivity index (χ0n) is 14.6. The molecule has 1 aliphatic rings. The Labute approximate surface area is 147 Å². The van der Waals surface area contributed by atoms with Crippen molar-refractivity contribution in [3.05, 3.63) is 58.0 Å². The van der Waals surface area contributed by atoms with E-state index in [0.717, 1.165) is 28.5 Å². The molecule has 5 nitrogen and oxygen atoms in total. The zero-order valence-corrected chi connectivity index (χ0v) is 14.6. The Morgan fingerprint density at radius 3 is 2.88 bits per heavy atom. The average molecular weight is 337 g/mol. The maximum Gasteiger partial charge on any atom is 0.267 e. The number of carbonyl (C=O) groups is 1. The topological polar surface area (TPSA) is 67.6 Å². The summed E-state index contributed by atoms with van der Waals surface area (Å²) in [5.41, 5.74) is 3.81. The highest BCUT2D eigenvalue weighted by atomic mass is 16.5. The molecule has 25 heavy (non-hydrogen) atoms. The summed E-state index contributed by atoms with van der Waals surface area (Å²) in [4.78, 5) is 12.5. The van der Waals surface area contributed by atoms with Gasteiger partial charge in [-0.15, -0.1) is 0 Å². The van der Waals surface area contributed by atoms with Crippen LogP contribution in [0.3, 0.4) is 0 Å². The van der Waals surface area contributed by atoms with Crippen LogP contribution in [0.1, 0.15) is 15.9 Å². The molecule has 0 fully saturated rings. The summed E-state index contributed by atoms with van der Waals surface area (Å²) < 4.78 is 4.98. The van der Waals surface area contributed by atoms with Crippen LogP contribution in [0.25, 0.3) is 23.4 Å². The fourth-order valence-electron chi connectivity index (χ4n) is 2.91. The molecule has 0 bridgehead atoms. The molecule has 2 aromatic rings. The molecule has 0 saturated heterocycles. The van der Waals surface area contributed by atoms with Crippen LogP contribution in [0, 0.1) is 6.92 Å². The highest BCUT2D eigenvalue weighted by Crippen LogP contribution is 2.23. The zero-order chi connectivity index (χ0) is 17.8. The van der Waals surface area contributed by atoms with Crippen molar-refractivity contribution in [3.63, 3.8) is 0 Å². The fraction of sp³-hybridized carbons (Fsp3) is 0.250. The van der Waals surface area contributed by atoms with E-state index in [2.05, 4.69) is 29.6 Å². The number of nitrogens with two attached hydrogens (primary N) is 1. The van der Waals surface area contributed by atoms with Crippen LogP contribution >= 0.6 is 0 Å². The Morgan fingerprint density at radius 2 is 2.08 bits per heavy atom. The molecule has 1 aliphatic heterocycles.